The molecule has 0 fully saturated rings. The standard InChI is InChI=1S/C71H127NO3/c1-3-5-7-9-11-13-15-17-19-21-23-25-27-29-31-32-33-34-35-36-37-38-39-40-41-43-45-47-49-51-53-55-57-59-61-63-65-67-71(75)72-69(68-73)70(74)66-64-62-60-58-56-54-52-50-48-46-44-42-30-28-26-24-22-20-18-16-14-12-10-8-6-4-2/h5,7,11,13,17,19,23,25,29,31,33-34,56,58,64,66,69-70,73-74H,3-4,6,8-10,12,14-16,18,20-22,24,26-28,30,32,35-55,57,59-63,65,67-68H2,1-2H3,(H,72,75)/b7-5-,13-11-,19-17-,25-23-,31-29-,34-33-,58-56+,66-64+. The summed E-state index contributed by atoms with van der Waals surface area (Å²) in [6.45, 7) is 4.21. The monoisotopic (exact) mass is 1040 g/mol. The van der Waals surface area contributed by atoms with Gasteiger partial charge >= 0.3 is 0 Å². The normalized spacial score (nSPS) is 13.4. The van der Waals surface area contributed by atoms with Crippen LogP contribution < -0.4 is 5.32 Å². The molecule has 0 aromatic carbocycles. The molecule has 4 heteroatoms. The van der Waals surface area contributed by atoms with Crippen molar-refractivity contribution >= 4 is 5.91 Å². The van der Waals surface area contributed by atoms with Gasteiger partial charge in [0, 0.05) is 6.42 Å². The summed E-state index contributed by atoms with van der Waals surface area (Å²) in [7, 11) is 0. The Morgan fingerprint density at radius 1 is 0.333 bits per heavy atom. The molecule has 0 spiro atoms. The van der Waals surface area contributed by atoms with Crippen LogP contribution in [0.4, 0.5) is 0 Å². The van der Waals surface area contributed by atoms with Crippen LogP contribution in [0.15, 0.2) is 97.2 Å². The molecule has 4 nitrogen and oxygen atoms in total. The summed E-state index contributed by atoms with van der Waals surface area (Å²) in [6, 6.07) is -0.644. The smallest absolute Gasteiger partial charge is 0.220 e. The topological polar surface area (TPSA) is 69.6 Å². The molecule has 434 valence electrons. The van der Waals surface area contributed by atoms with Crippen molar-refractivity contribution < 1.29 is 15.0 Å². The Hall–Kier alpha value is -2.69. The Bertz CT molecular complexity index is 1370. The number of carbonyl (C=O) groups excluding carboxylic acids is 1. The number of amides is 1. The molecule has 0 rings (SSSR count). The van der Waals surface area contributed by atoms with E-state index in [9.17, 15) is 15.0 Å². The quantitative estimate of drug-likeness (QED) is 0.0420. The second-order valence-electron chi connectivity index (χ2n) is 22.1. The highest BCUT2D eigenvalue weighted by Gasteiger charge is 2.18. The third kappa shape index (κ3) is 62.0. The van der Waals surface area contributed by atoms with Crippen LogP contribution in [-0.2, 0) is 4.79 Å². The second-order valence-corrected chi connectivity index (χ2v) is 22.1. The van der Waals surface area contributed by atoms with E-state index < -0.39 is 12.1 Å². The molecule has 0 aliphatic rings. The predicted octanol–water partition coefficient (Wildman–Crippen LogP) is 22.4. The van der Waals surface area contributed by atoms with Crippen LogP contribution in [-0.4, -0.2) is 34.9 Å². The van der Waals surface area contributed by atoms with Crippen LogP contribution in [0.2, 0.25) is 0 Å². The van der Waals surface area contributed by atoms with Gasteiger partial charge in [-0.15, -0.1) is 0 Å². The third-order valence-corrected chi connectivity index (χ3v) is 14.8. The largest absolute Gasteiger partial charge is 0.394 e. The molecule has 3 N–H and O–H groups in total. The minimum Gasteiger partial charge on any atom is -0.394 e. The zero-order valence-corrected chi connectivity index (χ0v) is 50.1. The fraction of sp³-hybridized carbons (Fsp3) is 0.761. The van der Waals surface area contributed by atoms with E-state index in [0.29, 0.717) is 6.42 Å². The van der Waals surface area contributed by atoms with E-state index >= 15 is 0 Å². The third-order valence-electron chi connectivity index (χ3n) is 14.8. The number of allylic oxidation sites excluding steroid dienone is 15. The average molecular weight is 1040 g/mol. The van der Waals surface area contributed by atoms with Crippen molar-refractivity contribution in [3.63, 3.8) is 0 Å². The minimum atomic E-state index is -0.867. The summed E-state index contributed by atoms with van der Waals surface area (Å²) in [5.74, 6) is -0.0714. The number of nitrogens with one attached hydrogen (secondary N) is 1. The molecular formula is C71H127NO3. The van der Waals surface area contributed by atoms with Crippen molar-refractivity contribution in [3.8, 4) is 0 Å². The molecule has 2 unspecified atom stereocenters. The molecule has 0 saturated carbocycles. The highest BCUT2D eigenvalue weighted by atomic mass is 16.3. The van der Waals surface area contributed by atoms with Crippen LogP contribution in [0, 0.1) is 0 Å². The first-order valence-electron chi connectivity index (χ1n) is 33.0. The zero-order valence-electron chi connectivity index (χ0n) is 50.1. The maximum atomic E-state index is 12.5. The maximum Gasteiger partial charge on any atom is 0.220 e. The van der Waals surface area contributed by atoms with Gasteiger partial charge in [-0.3, -0.25) is 4.79 Å². The second kappa shape index (κ2) is 65.6. The number of unbranched alkanes of at least 4 members (excludes halogenated alkanes) is 39. The summed E-state index contributed by atoms with van der Waals surface area (Å²) in [5, 5.41) is 23.2. The van der Waals surface area contributed by atoms with Gasteiger partial charge in [-0.2, -0.15) is 0 Å². The van der Waals surface area contributed by atoms with Crippen molar-refractivity contribution in [2.75, 3.05) is 6.61 Å². The van der Waals surface area contributed by atoms with Crippen molar-refractivity contribution in [2.24, 2.45) is 0 Å². The van der Waals surface area contributed by atoms with Gasteiger partial charge in [0.25, 0.3) is 0 Å². The number of aliphatic hydroxyl groups is 2. The van der Waals surface area contributed by atoms with Crippen LogP contribution in [0.3, 0.4) is 0 Å². The van der Waals surface area contributed by atoms with Crippen LogP contribution >= 0.6 is 0 Å². The van der Waals surface area contributed by atoms with E-state index in [1.165, 1.54) is 238 Å². The van der Waals surface area contributed by atoms with Crippen molar-refractivity contribution in [2.45, 2.75) is 341 Å². The average Bonchev–Trinajstić information content (AvgIpc) is 3.41. The van der Waals surface area contributed by atoms with E-state index in [1.54, 1.807) is 6.08 Å². The van der Waals surface area contributed by atoms with Gasteiger partial charge in [-0.1, -0.05) is 336 Å². The van der Waals surface area contributed by atoms with Crippen molar-refractivity contribution in [1.82, 2.24) is 5.32 Å². The molecule has 0 saturated heterocycles. The molecule has 2 atom stereocenters. The van der Waals surface area contributed by atoms with E-state index in [0.717, 1.165) is 70.6 Å². The van der Waals surface area contributed by atoms with Gasteiger partial charge in [-0.05, 0) is 83.5 Å². The minimum absolute atomic E-state index is 0.0714. The van der Waals surface area contributed by atoms with Crippen molar-refractivity contribution in [3.05, 3.63) is 97.2 Å². The van der Waals surface area contributed by atoms with E-state index in [-0.39, 0.29) is 12.5 Å². The first-order valence-corrected chi connectivity index (χ1v) is 33.0. The summed E-state index contributed by atoms with van der Waals surface area (Å²) < 4.78 is 0. The van der Waals surface area contributed by atoms with E-state index in [2.05, 4.69) is 104 Å². The van der Waals surface area contributed by atoms with Crippen LogP contribution in [0.5, 0.6) is 0 Å². The van der Waals surface area contributed by atoms with Gasteiger partial charge in [-0.25, -0.2) is 0 Å². The Morgan fingerprint density at radius 3 is 0.933 bits per heavy atom. The highest BCUT2D eigenvalue weighted by Crippen LogP contribution is 2.18. The van der Waals surface area contributed by atoms with Gasteiger partial charge in [0.2, 0.25) is 5.91 Å². The first kappa shape index (κ1) is 72.3. The number of carbonyl (C=O) groups is 1. The Balaban J connectivity index is 3.50. The summed E-state index contributed by atoms with van der Waals surface area (Å²) >= 11 is 0. The molecule has 0 aromatic heterocycles. The molecule has 75 heavy (non-hydrogen) atoms. The van der Waals surface area contributed by atoms with Gasteiger partial charge in [0.15, 0.2) is 0 Å². The van der Waals surface area contributed by atoms with Gasteiger partial charge < -0.3 is 15.5 Å². The molecule has 0 bridgehead atoms. The number of rotatable bonds is 60. The fourth-order valence-corrected chi connectivity index (χ4v) is 9.85. The number of hydrogen-bond donors (Lipinski definition) is 3. The van der Waals surface area contributed by atoms with Gasteiger partial charge in [0.05, 0.1) is 18.8 Å². The summed E-state index contributed by atoms with van der Waals surface area (Å²) in [4.78, 5) is 12.5. The van der Waals surface area contributed by atoms with E-state index in [1.807, 2.05) is 6.08 Å². The van der Waals surface area contributed by atoms with Crippen LogP contribution in [0.25, 0.3) is 0 Å². The Kier molecular flexibility index (Phi) is 63.2. The first-order chi connectivity index (χ1) is 37.2. The Labute approximate surface area is 468 Å². The summed E-state index contributed by atoms with van der Waals surface area (Å²) in [5.41, 5.74) is 0. The lowest BCUT2D eigenvalue weighted by Gasteiger charge is -2.19. The lowest BCUT2D eigenvalue weighted by molar-refractivity contribution is -0.123. The van der Waals surface area contributed by atoms with Crippen LogP contribution in [0.1, 0.15) is 328 Å². The molecular weight excluding hydrogens is 915 g/mol. The molecule has 1 amide bonds. The fourth-order valence-electron chi connectivity index (χ4n) is 9.85. The Morgan fingerprint density at radius 2 is 0.600 bits per heavy atom. The molecule has 0 aliphatic carbocycles. The lowest BCUT2D eigenvalue weighted by atomic mass is 10.0. The zero-order chi connectivity index (χ0) is 54.1. The molecule has 0 heterocycles. The SMILES string of the molecule is CC/C=C\C/C=C\C/C=C\C/C=C\C/C=C\C/C=C\CCCCCCCCCCCCCCCCCCCCC(=O)NC(CO)C(O)/C=C/CC/C=C/CCCCCCCCCCCCCCCCCCCCCC. The molecule has 0 radical (unpaired) electrons. The van der Waals surface area contributed by atoms with Gasteiger partial charge in [0.1, 0.15) is 0 Å². The molecule has 0 aromatic rings. The lowest BCUT2D eigenvalue weighted by Crippen LogP contribution is -2.45. The highest BCUT2D eigenvalue weighted by molar-refractivity contribution is 5.76. The maximum absolute atomic E-state index is 12.5. The predicted molar refractivity (Wildman–Crippen MR) is 336 cm³/mol. The number of aliphatic hydroxyl groups excluding tert-OH is 2. The summed E-state index contributed by atoms with van der Waals surface area (Å²) in [6.07, 6.45) is 97.6. The number of hydrogen-bond acceptors (Lipinski definition) is 3. The van der Waals surface area contributed by atoms with E-state index in [4.69, 9.17) is 0 Å². The van der Waals surface area contributed by atoms with Crippen molar-refractivity contribution in [1.29, 1.82) is 0 Å². The molecule has 0 aliphatic heterocycles.